The normalized spacial score (nSPS) is 56.7. The van der Waals surface area contributed by atoms with E-state index in [2.05, 4.69) is 13.8 Å². The van der Waals surface area contributed by atoms with E-state index in [1.807, 2.05) is 0 Å². The van der Waals surface area contributed by atoms with Crippen molar-refractivity contribution < 1.29 is 0 Å². The van der Waals surface area contributed by atoms with Gasteiger partial charge >= 0.3 is 0 Å². The molecule has 0 aromatic carbocycles. The highest BCUT2D eigenvalue weighted by Gasteiger charge is 2.42. The van der Waals surface area contributed by atoms with Gasteiger partial charge in [-0.25, -0.2) is 0 Å². The minimum atomic E-state index is 1.05. The van der Waals surface area contributed by atoms with Crippen molar-refractivity contribution in [3.63, 3.8) is 0 Å². The molecule has 2 aliphatic rings. The molecule has 9 heavy (non-hydrogen) atoms. The Morgan fingerprint density at radius 1 is 0.889 bits per heavy atom. The van der Waals surface area contributed by atoms with E-state index in [-0.39, 0.29) is 0 Å². The molecular formula is C9H16. The van der Waals surface area contributed by atoms with Crippen LogP contribution >= 0.6 is 0 Å². The Hall–Kier alpha value is 0. The minimum absolute atomic E-state index is 1.05. The molecule has 0 spiro atoms. The van der Waals surface area contributed by atoms with E-state index < -0.39 is 0 Å². The van der Waals surface area contributed by atoms with E-state index in [4.69, 9.17) is 0 Å². The molecule has 0 N–H and O–H groups in total. The number of fused-ring (bicyclic) bond motifs is 2. The van der Waals surface area contributed by atoms with E-state index >= 15 is 0 Å². The first kappa shape index (κ1) is 5.76. The summed E-state index contributed by atoms with van der Waals surface area (Å²) in [4.78, 5) is 0. The van der Waals surface area contributed by atoms with Gasteiger partial charge in [-0.05, 0) is 42.9 Å². The second-order valence-electron chi connectivity index (χ2n) is 4.05. The van der Waals surface area contributed by atoms with Gasteiger partial charge in [0.05, 0.1) is 0 Å². The smallest absolute Gasteiger partial charge is 0.0383 e. The molecule has 2 aliphatic carbocycles. The molecule has 0 unspecified atom stereocenters. The van der Waals surface area contributed by atoms with E-state index in [0.29, 0.717) is 0 Å². The Bertz CT molecular complexity index is 99.2. The van der Waals surface area contributed by atoms with Crippen LogP contribution in [-0.2, 0) is 0 Å². The summed E-state index contributed by atoms with van der Waals surface area (Å²) in [6.45, 7) is 4.88. The Balaban J connectivity index is 2.15. The molecule has 0 aliphatic heterocycles. The maximum Gasteiger partial charge on any atom is -0.0383 e. The summed E-state index contributed by atoms with van der Waals surface area (Å²) in [6.07, 6.45) is 4.63. The standard InChI is InChI=1S/C9H16/c1-6-7(2)9-4-3-8(6)5-9/h6-9H,3-5H2,1-2H3/t6-,7-,8-,9-/m0/s1. The molecule has 0 saturated heterocycles. The lowest BCUT2D eigenvalue weighted by atomic mass is 9.82. The second-order valence-corrected chi connectivity index (χ2v) is 4.05. The van der Waals surface area contributed by atoms with Crippen LogP contribution in [0.3, 0.4) is 0 Å². The molecule has 52 valence electrons. The van der Waals surface area contributed by atoms with Gasteiger partial charge in [0, 0.05) is 0 Å². The van der Waals surface area contributed by atoms with Crippen molar-refractivity contribution in [3.05, 3.63) is 0 Å². The number of hydrogen-bond acceptors (Lipinski definition) is 0. The molecule has 0 amide bonds. The average Bonchev–Trinajstić information content (AvgIpc) is 2.37. The van der Waals surface area contributed by atoms with Gasteiger partial charge in [0.15, 0.2) is 0 Å². The molecule has 0 heteroatoms. The fourth-order valence-electron chi connectivity index (χ4n) is 2.87. The van der Waals surface area contributed by atoms with Crippen molar-refractivity contribution in [2.24, 2.45) is 23.7 Å². The topological polar surface area (TPSA) is 0 Å². The Labute approximate surface area is 57.6 Å². The molecule has 2 rings (SSSR count). The van der Waals surface area contributed by atoms with Crippen LogP contribution in [0.1, 0.15) is 33.1 Å². The van der Waals surface area contributed by atoms with Gasteiger partial charge in [0.1, 0.15) is 0 Å². The number of hydrogen-bond donors (Lipinski definition) is 0. The molecule has 2 bridgehead atoms. The van der Waals surface area contributed by atoms with Crippen LogP contribution in [0.2, 0.25) is 0 Å². The zero-order valence-electron chi connectivity index (χ0n) is 6.43. The van der Waals surface area contributed by atoms with Gasteiger partial charge < -0.3 is 0 Å². The van der Waals surface area contributed by atoms with Crippen molar-refractivity contribution in [1.82, 2.24) is 0 Å². The Morgan fingerprint density at radius 3 is 1.56 bits per heavy atom. The van der Waals surface area contributed by atoms with Crippen LogP contribution in [0.15, 0.2) is 0 Å². The van der Waals surface area contributed by atoms with Crippen molar-refractivity contribution in [3.8, 4) is 0 Å². The summed E-state index contributed by atoms with van der Waals surface area (Å²) >= 11 is 0. The van der Waals surface area contributed by atoms with Crippen molar-refractivity contribution in [2.45, 2.75) is 33.1 Å². The third-order valence-electron chi connectivity index (χ3n) is 3.83. The van der Waals surface area contributed by atoms with Gasteiger partial charge in [-0.2, -0.15) is 0 Å². The predicted octanol–water partition coefficient (Wildman–Crippen LogP) is 2.69. The van der Waals surface area contributed by atoms with Crippen LogP contribution in [0.25, 0.3) is 0 Å². The van der Waals surface area contributed by atoms with Crippen LogP contribution in [0.5, 0.6) is 0 Å². The lowest BCUT2D eigenvalue weighted by Gasteiger charge is -2.24. The number of rotatable bonds is 0. The average molecular weight is 124 g/mol. The first-order valence-electron chi connectivity index (χ1n) is 4.29. The zero-order chi connectivity index (χ0) is 6.43. The summed E-state index contributed by atoms with van der Waals surface area (Å²) in [5, 5.41) is 0. The fourth-order valence-corrected chi connectivity index (χ4v) is 2.87. The van der Waals surface area contributed by atoms with Gasteiger partial charge in [-0.15, -0.1) is 0 Å². The van der Waals surface area contributed by atoms with Crippen LogP contribution in [-0.4, -0.2) is 0 Å². The molecule has 0 radical (unpaired) electrons. The largest absolute Gasteiger partial charge is 0.0620 e. The first-order valence-corrected chi connectivity index (χ1v) is 4.29. The highest BCUT2D eigenvalue weighted by Crippen LogP contribution is 2.51. The maximum atomic E-state index is 2.44. The summed E-state index contributed by atoms with van der Waals surface area (Å²) in [6, 6.07) is 0. The molecule has 2 saturated carbocycles. The molecule has 2 fully saturated rings. The molecular weight excluding hydrogens is 108 g/mol. The van der Waals surface area contributed by atoms with Crippen molar-refractivity contribution in [1.29, 1.82) is 0 Å². The van der Waals surface area contributed by atoms with Gasteiger partial charge in [0.2, 0.25) is 0 Å². The zero-order valence-corrected chi connectivity index (χ0v) is 6.43. The van der Waals surface area contributed by atoms with Gasteiger partial charge in [-0.1, -0.05) is 13.8 Å². The summed E-state index contributed by atoms with van der Waals surface area (Å²) < 4.78 is 0. The van der Waals surface area contributed by atoms with E-state index in [9.17, 15) is 0 Å². The minimum Gasteiger partial charge on any atom is -0.0620 e. The molecule has 0 aromatic rings. The third kappa shape index (κ3) is 0.653. The van der Waals surface area contributed by atoms with Gasteiger partial charge in [0.25, 0.3) is 0 Å². The van der Waals surface area contributed by atoms with E-state index in [1.54, 1.807) is 6.42 Å². The SMILES string of the molecule is C[C@@H]1[C@H]2CC[C@@H](C2)[C@H]1C. The molecule has 0 aromatic heterocycles. The molecule has 0 heterocycles. The lowest BCUT2D eigenvalue weighted by molar-refractivity contribution is 0.259. The Morgan fingerprint density at radius 2 is 1.33 bits per heavy atom. The highest BCUT2D eigenvalue weighted by molar-refractivity contribution is 4.92. The van der Waals surface area contributed by atoms with E-state index in [1.165, 1.54) is 12.8 Å². The summed E-state index contributed by atoms with van der Waals surface area (Å²) in [7, 11) is 0. The van der Waals surface area contributed by atoms with Crippen LogP contribution < -0.4 is 0 Å². The quantitative estimate of drug-likeness (QED) is 0.465. The fraction of sp³-hybridized carbons (Fsp3) is 1.00. The summed E-state index contributed by atoms with van der Waals surface area (Å²) in [5.41, 5.74) is 0. The van der Waals surface area contributed by atoms with Crippen LogP contribution in [0.4, 0.5) is 0 Å². The first-order chi connectivity index (χ1) is 4.29. The monoisotopic (exact) mass is 124 g/mol. The highest BCUT2D eigenvalue weighted by atomic mass is 14.5. The summed E-state index contributed by atoms with van der Waals surface area (Å²) in [5.74, 6) is 4.32. The third-order valence-corrected chi connectivity index (χ3v) is 3.83. The van der Waals surface area contributed by atoms with Crippen LogP contribution in [0, 0.1) is 23.7 Å². The lowest BCUT2D eigenvalue weighted by Crippen LogP contribution is -2.15. The Kier molecular flexibility index (Phi) is 1.12. The van der Waals surface area contributed by atoms with Crippen molar-refractivity contribution >= 4 is 0 Å². The molecule has 4 atom stereocenters. The maximum absolute atomic E-state index is 2.44. The second kappa shape index (κ2) is 1.74. The predicted molar refractivity (Wildman–Crippen MR) is 39.2 cm³/mol. The van der Waals surface area contributed by atoms with Gasteiger partial charge in [-0.3, -0.25) is 0 Å². The van der Waals surface area contributed by atoms with Crippen molar-refractivity contribution in [2.75, 3.05) is 0 Å². The van der Waals surface area contributed by atoms with E-state index in [0.717, 1.165) is 23.7 Å². The molecule has 0 nitrogen and oxygen atoms in total.